The van der Waals surface area contributed by atoms with Crippen LogP contribution in [0.25, 0.3) is 0 Å². The number of aryl methyl sites for hydroxylation is 1. The van der Waals surface area contributed by atoms with Gasteiger partial charge >= 0.3 is 0 Å². The number of anilines is 1. The molecule has 3 heterocycles. The molecule has 0 aliphatic carbocycles. The summed E-state index contributed by atoms with van der Waals surface area (Å²) in [7, 11) is 2.11. The smallest absolute Gasteiger partial charge is 0.266 e. The summed E-state index contributed by atoms with van der Waals surface area (Å²) in [4.78, 5) is 19.3. The van der Waals surface area contributed by atoms with Gasteiger partial charge in [-0.05, 0) is 44.0 Å². The summed E-state index contributed by atoms with van der Waals surface area (Å²) in [6.07, 6.45) is 0. The molecule has 3 aromatic rings. The molecule has 0 saturated carbocycles. The number of carbonyl (C=O) groups is 1. The number of amides is 1. The zero-order valence-corrected chi connectivity index (χ0v) is 19.1. The number of hydrogen-bond donors (Lipinski definition) is 1. The van der Waals surface area contributed by atoms with Crippen LogP contribution in [-0.4, -0.2) is 48.9 Å². The number of benzene rings is 1. The van der Waals surface area contributed by atoms with Gasteiger partial charge in [-0.1, -0.05) is 24.3 Å². The number of halogens is 1. The van der Waals surface area contributed by atoms with Crippen molar-refractivity contribution in [3.8, 4) is 0 Å². The maximum Gasteiger partial charge on any atom is 0.266 e. The molecule has 1 atom stereocenters. The number of rotatable bonds is 5. The Morgan fingerprint density at radius 3 is 2.50 bits per heavy atom. The quantitative estimate of drug-likeness (QED) is 0.592. The highest BCUT2D eigenvalue weighted by molar-refractivity contribution is 7.17. The molecule has 4 rings (SSSR count). The van der Waals surface area contributed by atoms with Crippen LogP contribution in [0.5, 0.6) is 0 Å². The van der Waals surface area contributed by atoms with E-state index in [0.29, 0.717) is 10.4 Å². The average molecular weight is 444 g/mol. The molecule has 1 amide bonds. The largest absolute Gasteiger partial charge is 0.313 e. The van der Waals surface area contributed by atoms with Crippen molar-refractivity contribution in [1.82, 2.24) is 9.80 Å². The van der Waals surface area contributed by atoms with Gasteiger partial charge in [-0.15, -0.1) is 22.7 Å². The normalized spacial score (nSPS) is 16.5. The first-order valence-electron chi connectivity index (χ1n) is 10.1. The minimum absolute atomic E-state index is 0.113. The van der Waals surface area contributed by atoms with E-state index in [0.717, 1.165) is 47.2 Å². The minimum atomic E-state index is -0.233. The van der Waals surface area contributed by atoms with Crippen molar-refractivity contribution in [3.05, 3.63) is 74.0 Å². The second-order valence-electron chi connectivity index (χ2n) is 7.72. The second-order valence-corrected chi connectivity index (χ2v) is 9.89. The molecule has 1 aliphatic rings. The Morgan fingerprint density at radius 1 is 1.10 bits per heavy atom. The van der Waals surface area contributed by atoms with Gasteiger partial charge in [-0.25, -0.2) is 4.39 Å². The van der Waals surface area contributed by atoms with Gasteiger partial charge in [0.15, 0.2) is 0 Å². The standard InChI is InChI=1S/C23H26FN3OS2/c1-15-16(2)30-23(25-22(28)19-9-6-14-29-19)20(15)21(17-7-4-5-8-18(17)24)27-12-10-26(3)11-13-27/h4-9,14,21H,10-13H2,1-3H3,(H,25,28). The van der Waals surface area contributed by atoms with Crippen LogP contribution < -0.4 is 5.32 Å². The highest BCUT2D eigenvalue weighted by Crippen LogP contribution is 2.43. The topological polar surface area (TPSA) is 35.6 Å². The molecule has 1 fully saturated rings. The van der Waals surface area contributed by atoms with Crippen LogP contribution in [-0.2, 0) is 0 Å². The van der Waals surface area contributed by atoms with Crippen molar-refractivity contribution in [2.24, 2.45) is 0 Å². The van der Waals surface area contributed by atoms with E-state index in [1.165, 1.54) is 17.4 Å². The van der Waals surface area contributed by atoms with E-state index in [1.54, 1.807) is 17.4 Å². The van der Waals surface area contributed by atoms with Crippen LogP contribution in [0.1, 0.15) is 37.3 Å². The lowest BCUT2D eigenvalue weighted by Crippen LogP contribution is -2.46. The van der Waals surface area contributed by atoms with Gasteiger partial charge in [0.25, 0.3) is 5.91 Å². The summed E-state index contributed by atoms with van der Waals surface area (Å²) in [5, 5.41) is 5.83. The molecule has 1 saturated heterocycles. The molecule has 1 N–H and O–H groups in total. The fraction of sp³-hybridized carbons (Fsp3) is 0.348. The number of carbonyl (C=O) groups excluding carboxylic acids is 1. The number of likely N-dealkylation sites (N-methyl/N-ethyl adjacent to an activating group) is 1. The van der Waals surface area contributed by atoms with E-state index in [9.17, 15) is 9.18 Å². The first-order valence-corrected chi connectivity index (χ1v) is 11.8. The first kappa shape index (κ1) is 21.2. The molecule has 4 nitrogen and oxygen atoms in total. The van der Waals surface area contributed by atoms with E-state index in [4.69, 9.17) is 0 Å². The zero-order chi connectivity index (χ0) is 21.3. The lowest BCUT2D eigenvalue weighted by Gasteiger charge is -2.39. The molecule has 1 aromatic carbocycles. The van der Waals surface area contributed by atoms with Crippen LogP contribution in [0, 0.1) is 19.7 Å². The second kappa shape index (κ2) is 8.98. The molecule has 158 valence electrons. The van der Waals surface area contributed by atoms with Crippen LogP contribution in [0.15, 0.2) is 41.8 Å². The van der Waals surface area contributed by atoms with Gasteiger partial charge in [-0.2, -0.15) is 0 Å². The number of piperazine rings is 1. The van der Waals surface area contributed by atoms with Gasteiger partial charge in [0.2, 0.25) is 0 Å². The van der Waals surface area contributed by atoms with Crippen LogP contribution in [0.4, 0.5) is 9.39 Å². The molecular weight excluding hydrogens is 417 g/mol. The lowest BCUT2D eigenvalue weighted by atomic mass is 9.94. The van der Waals surface area contributed by atoms with Gasteiger partial charge < -0.3 is 10.2 Å². The number of hydrogen-bond acceptors (Lipinski definition) is 5. The summed E-state index contributed by atoms with van der Waals surface area (Å²) in [5.41, 5.74) is 2.79. The van der Waals surface area contributed by atoms with Gasteiger partial charge in [0, 0.05) is 42.2 Å². The fourth-order valence-corrected chi connectivity index (χ4v) is 5.66. The molecule has 1 aliphatic heterocycles. The molecule has 7 heteroatoms. The van der Waals surface area contributed by atoms with E-state index in [-0.39, 0.29) is 17.8 Å². The SMILES string of the molecule is Cc1sc(NC(=O)c2cccs2)c(C(c2ccccc2F)N2CCN(C)CC2)c1C. The highest BCUT2D eigenvalue weighted by atomic mass is 32.1. The van der Waals surface area contributed by atoms with E-state index in [1.807, 2.05) is 29.6 Å². The van der Waals surface area contributed by atoms with Crippen molar-refractivity contribution in [1.29, 1.82) is 0 Å². The predicted molar refractivity (Wildman–Crippen MR) is 123 cm³/mol. The monoisotopic (exact) mass is 443 g/mol. The maximum absolute atomic E-state index is 15.0. The Labute approximate surface area is 185 Å². The van der Waals surface area contributed by atoms with Crippen molar-refractivity contribution in [3.63, 3.8) is 0 Å². The van der Waals surface area contributed by atoms with E-state index >= 15 is 0 Å². The van der Waals surface area contributed by atoms with Crippen LogP contribution >= 0.6 is 22.7 Å². The van der Waals surface area contributed by atoms with Gasteiger partial charge in [0.05, 0.1) is 10.9 Å². The van der Waals surface area contributed by atoms with Crippen molar-refractivity contribution in [2.45, 2.75) is 19.9 Å². The molecule has 0 radical (unpaired) electrons. The van der Waals surface area contributed by atoms with Gasteiger partial charge in [0.1, 0.15) is 10.8 Å². The Hall–Kier alpha value is -2.06. The summed E-state index contributed by atoms with van der Waals surface area (Å²) in [6.45, 7) is 7.71. The Kier molecular flexibility index (Phi) is 6.34. The average Bonchev–Trinajstić information content (AvgIpc) is 3.35. The zero-order valence-electron chi connectivity index (χ0n) is 17.4. The minimum Gasteiger partial charge on any atom is -0.313 e. The molecule has 30 heavy (non-hydrogen) atoms. The van der Waals surface area contributed by atoms with E-state index < -0.39 is 0 Å². The van der Waals surface area contributed by atoms with Crippen LogP contribution in [0.3, 0.4) is 0 Å². The number of nitrogens with one attached hydrogen (secondary N) is 1. The summed E-state index contributed by atoms with van der Waals surface area (Å²) in [5.74, 6) is -0.321. The van der Waals surface area contributed by atoms with Crippen molar-refractivity contribution < 1.29 is 9.18 Å². The predicted octanol–water partition coefficient (Wildman–Crippen LogP) is 5.15. The van der Waals surface area contributed by atoms with Crippen molar-refractivity contribution in [2.75, 3.05) is 38.5 Å². The number of nitrogens with zero attached hydrogens (tertiary/aromatic N) is 2. The maximum atomic E-state index is 15.0. The molecule has 2 aromatic heterocycles. The highest BCUT2D eigenvalue weighted by Gasteiger charge is 2.32. The Morgan fingerprint density at radius 2 is 1.83 bits per heavy atom. The Bertz CT molecular complexity index is 1020. The third-order valence-corrected chi connectivity index (χ3v) is 7.79. The summed E-state index contributed by atoms with van der Waals surface area (Å²) >= 11 is 2.99. The Balaban J connectivity index is 1.78. The molecule has 0 spiro atoms. The lowest BCUT2D eigenvalue weighted by molar-refractivity contribution is 0.103. The fourth-order valence-electron chi connectivity index (χ4n) is 3.95. The third-order valence-electron chi connectivity index (χ3n) is 5.78. The summed E-state index contributed by atoms with van der Waals surface area (Å²) < 4.78 is 15.0. The number of thiophene rings is 2. The van der Waals surface area contributed by atoms with Crippen molar-refractivity contribution >= 4 is 33.6 Å². The molecule has 0 bridgehead atoms. The first-order chi connectivity index (χ1) is 14.5. The van der Waals surface area contributed by atoms with Crippen LogP contribution in [0.2, 0.25) is 0 Å². The van der Waals surface area contributed by atoms with E-state index in [2.05, 4.69) is 36.0 Å². The summed E-state index contributed by atoms with van der Waals surface area (Å²) in [6, 6.07) is 10.5. The van der Waals surface area contributed by atoms with Gasteiger partial charge in [-0.3, -0.25) is 9.69 Å². The molecular formula is C23H26FN3OS2. The third kappa shape index (κ3) is 4.21. The molecule has 1 unspecified atom stereocenters.